The molecule has 7 heteroatoms. The SMILES string of the molecule is Cc1ccc(Cl)c(Nc2ccccc2P(=O)([O-])[O-])c1Cl. The van der Waals surface area contributed by atoms with E-state index in [0.717, 1.165) is 5.56 Å². The van der Waals surface area contributed by atoms with Crippen LogP contribution in [0.4, 0.5) is 11.4 Å². The van der Waals surface area contributed by atoms with Crippen LogP contribution in [0.3, 0.4) is 0 Å². The lowest BCUT2D eigenvalue weighted by Gasteiger charge is -2.32. The second kappa shape index (κ2) is 5.76. The number of benzene rings is 2. The molecule has 0 saturated heterocycles. The molecule has 2 aromatic rings. The minimum atomic E-state index is -4.88. The predicted molar refractivity (Wildman–Crippen MR) is 78.2 cm³/mol. The molecule has 0 bridgehead atoms. The number of hydrogen-bond acceptors (Lipinski definition) is 4. The summed E-state index contributed by atoms with van der Waals surface area (Å²) in [4.78, 5) is 22.5. The van der Waals surface area contributed by atoms with Crippen molar-refractivity contribution in [3.63, 3.8) is 0 Å². The van der Waals surface area contributed by atoms with E-state index in [0.29, 0.717) is 15.7 Å². The van der Waals surface area contributed by atoms with Gasteiger partial charge in [-0.15, -0.1) is 0 Å². The van der Waals surface area contributed by atoms with Gasteiger partial charge in [0.05, 0.1) is 15.7 Å². The lowest BCUT2D eigenvalue weighted by Crippen LogP contribution is -2.26. The highest BCUT2D eigenvalue weighted by atomic mass is 35.5. The van der Waals surface area contributed by atoms with E-state index in [4.69, 9.17) is 23.2 Å². The number of aryl methyl sites for hydroxylation is 1. The Morgan fingerprint density at radius 3 is 2.40 bits per heavy atom. The van der Waals surface area contributed by atoms with Crippen LogP contribution in [0.5, 0.6) is 0 Å². The summed E-state index contributed by atoms with van der Waals surface area (Å²) in [5, 5.41) is 3.20. The maximum Gasteiger partial charge on any atom is 0.0765 e. The molecule has 0 spiro atoms. The van der Waals surface area contributed by atoms with E-state index in [1.165, 1.54) is 18.2 Å². The number of rotatable bonds is 3. The van der Waals surface area contributed by atoms with E-state index in [1.54, 1.807) is 25.1 Å². The summed E-state index contributed by atoms with van der Waals surface area (Å²) >= 11 is 12.2. The number of nitrogens with one attached hydrogen (secondary N) is 1. The Kier molecular flexibility index (Phi) is 4.43. The second-order valence-electron chi connectivity index (χ2n) is 4.19. The van der Waals surface area contributed by atoms with E-state index >= 15 is 0 Å². The first kappa shape index (κ1) is 15.4. The van der Waals surface area contributed by atoms with Gasteiger partial charge >= 0.3 is 0 Å². The lowest BCUT2D eigenvalue weighted by atomic mass is 10.2. The third kappa shape index (κ3) is 3.17. The van der Waals surface area contributed by atoms with Gasteiger partial charge in [-0.05, 0) is 32.2 Å². The van der Waals surface area contributed by atoms with E-state index in [9.17, 15) is 14.4 Å². The Labute approximate surface area is 126 Å². The van der Waals surface area contributed by atoms with Crippen molar-refractivity contribution in [3.8, 4) is 0 Å². The fourth-order valence-electron chi connectivity index (χ4n) is 1.72. The zero-order chi connectivity index (χ0) is 14.9. The normalized spacial score (nSPS) is 11.4. The van der Waals surface area contributed by atoms with Gasteiger partial charge in [0, 0.05) is 11.0 Å². The van der Waals surface area contributed by atoms with Gasteiger partial charge in [0.2, 0.25) is 0 Å². The van der Waals surface area contributed by atoms with Crippen LogP contribution in [0.15, 0.2) is 36.4 Å². The zero-order valence-electron chi connectivity index (χ0n) is 10.4. The molecular weight excluding hydrogens is 320 g/mol. The first-order valence-electron chi connectivity index (χ1n) is 5.64. The summed E-state index contributed by atoms with van der Waals surface area (Å²) in [7, 11) is -4.88. The lowest BCUT2D eigenvalue weighted by molar-refractivity contribution is -0.307. The first-order chi connectivity index (χ1) is 9.30. The molecule has 0 aliphatic rings. The molecule has 0 fully saturated rings. The van der Waals surface area contributed by atoms with Gasteiger partial charge in [-0.3, -0.25) is 0 Å². The van der Waals surface area contributed by atoms with Crippen LogP contribution in [0.25, 0.3) is 0 Å². The van der Waals surface area contributed by atoms with E-state index in [-0.39, 0.29) is 11.0 Å². The standard InChI is InChI=1S/C13H12Cl2NO3P/c1-8-6-7-9(14)13(12(8)15)16-10-4-2-3-5-11(10)20(17,18)19/h2-7,16H,1H3,(H2,17,18,19)/p-2. The molecule has 0 aromatic heterocycles. The van der Waals surface area contributed by atoms with E-state index in [1.807, 2.05) is 0 Å². The number of anilines is 2. The fourth-order valence-corrected chi connectivity index (χ4v) is 2.88. The molecule has 0 aliphatic heterocycles. The number of para-hydroxylation sites is 1. The van der Waals surface area contributed by atoms with Crippen molar-refractivity contribution < 1.29 is 14.4 Å². The highest BCUT2D eigenvalue weighted by Crippen LogP contribution is 2.36. The minimum Gasteiger partial charge on any atom is -0.807 e. The van der Waals surface area contributed by atoms with Crippen molar-refractivity contribution in [1.29, 1.82) is 0 Å². The maximum absolute atomic E-state index is 11.2. The Morgan fingerprint density at radius 2 is 1.75 bits per heavy atom. The molecule has 2 aromatic carbocycles. The summed E-state index contributed by atoms with van der Waals surface area (Å²) in [6.07, 6.45) is 0. The average Bonchev–Trinajstić information content (AvgIpc) is 2.38. The van der Waals surface area contributed by atoms with Crippen molar-refractivity contribution in [2.24, 2.45) is 0 Å². The molecule has 0 aliphatic carbocycles. The van der Waals surface area contributed by atoms with Crippen LogP contribution in [0, 0.1) is 6.92 Å². The number of hydrogen-bond donors (Lipinski definition) is 1. The van der Waals surface area contributed by atoms with Gasteiger partial charge < -0.3 is 19.7 Å². The predicted octanol–water partition coefficient (Wildman–Crippen LogP) is 2.58. The van der Waals surface area contributed by atoms with Gasteiger partial charge in [0.15, 0.2) is 0 Å². The third-order valence-electron chi connectivity index (χ3n) is 2.74. The van der Waals surface area contributed by atoms with Crippen LogP contribution < -0.4 is 20.4 Å². The molecule has 0 radical (unpaired) electrons. The Bertz CT molecular complexity index is 700. The van der Waals surface area contributed by atoms with Gasteiger partial charge in [-0.25, -0.2) is 0 Å². The molecule has 0 unspecified atom stereocenters. The highest BCUT2D eigenvalue weighted by Gasteiger charge is 2.11. The van der Waals surface area contributed by atoms with Gasteiger partial charge in [-0.2, -0.15) is 0 Å². The molecule has 2 rings (SSSR count). The Hall–Kier alpha value is -1.03. The maximum atomic E-state index is 11.2. The Balaban J connectivity index is 2.52. The summed E-state index contributed by atoms with van der Waals surface area (Å²) in [5.41, 5.74) is 1.30. The molecule has 0 saturated carbocycles. The van der Waals surface area contributed by atoms with Gasteiger partial charge in [0.25, 0.3) is 0 Å². The third-order valence-corrected chi connectivity index (χ3v) is 4.53. The summed E-state index contributed by atoms with van der Waals surface area (Å²) in [6, 6.07) is 9.19. The molecular formula is C13H10Cl2NO3P-2. The largest absolute Gasteiger partial charge is 0.807 e. The van der Waals surface area contributed by atoms with Crippen LogP contribution in [0.1, 0.15) is 5.56 Å². The van der Waals surface area contributed by atoms with Crippen molar-refractivity contribution in [3.05, 3.63) is 52.0 Å². The fraction of sp³-hybridized carbons (Fsp3) is 0.0769. The van der Waals surface area contributed by atoms with Crippen molar-refractivity contribution in [1.82, 2.24) is 0 Å². The van der Waals surface area contributed by atoms with Crippen molar-refractivity contribution in [2.45, 2.75) is 6.92 Å². The molecule has 0 atom stereocenters. The minimum absolute atomic E-state index is 0.148. The van der Waals surface area contributed by atoms with Gasteiger partial charge in [-0.1, -0.05) is 47.5 Å². The van der Waals surface area contributed by atoms with E-state index < -0.39 is 7.60 Å². The van der Waals surface area contributed by atoms with Crippen molar-refractivity contribution in [2.75, 3.05) is 5.32 Å². The van der Waals surface area contributed by atoms with Crippen molar-refractivity contribution >= 4 is 47.5 Å². The summed E-state index contributed by atoms with van der Waals surface area (Å²) < 4.78 is 11.2. The quantitative estimate of drug-likeness (QED) is 0.878. The monoisotopic (exact) mass is 329 g/mol. The smallest absolute Gasteiger partial charge is 0.0765 e. The molecule has 4 nitrogen and oxygen atoms in total. The van der Waals surface area contributed by atoms with Crippen LogP contribution in [0.2, 0.25) is 10.0 Å². The van der Waals surface area contributed by atoms with Crippen LogP contribution >= 0.6 is 30.8 Å². The molecule has 1 N–H and O–H groups in total. The first-order valence-corrected chi connectivity index (χ1v) is 7.94. The molecule has 106 valence electrons. The summed E-state index contributed by atoms with van der Waals surface area (Å²) in [6.45, 7) is 1.79. The van der Waals surface area contributed by atoms with Gasteiger partial charge in [0.1, 0.15) is 0 Å². The second-order valence-corrected chi connectivity index (χ2v) is 6.45. The molecule has 20 heavy (non-hydrogen) atoms. The van der Waals surface area contributed by atoms with Crippen LogP contribution in [-0.2, 0) is 4.57 Å². The summed E-state index contributed by atoms with van der Waals surface area (Å²) in [5.74, 6) is 0. The molecule has 0 amide bonds. The average molecular weight is 330 g/mol. The zero-order valence-corrected chi connectivity index (χ0v) is 12.8. The van der Waals surface area contributed by atoms with Crippen LogP contribution in [-0.4, -0.2) is 0 Å². The Morgan fingerprint density at radius 1 is 1.10 bits per heavy atom. The highest BCUT2D eigenvalue weighted by molar-refractivity contribution is 7.57. The topological polar surface area (TPSA) is 75.2 Å². The number of halogens is 2. The molecule has 0 heterocycles. The van der Waals surface area contributed by atoms with E-state index in [2.05, 4.69) is 5.32 Å².